The molecule has 0 spiro atoms. The maximum Gasteiger partial charge on any atom is 0.122 e. The third kappa shape index (κ3) is 2.36. The van der Waals surface area contributed by atoms with Crippen molar-refractivity contribution in [3.05, 3.63) is 29.3 Å². The van der Waals surface area contributed by atoms with E-state index in [1.54, 1.807) is 7.11 Å². The molecule has 1 fully saturated rings. The summed E-state index contributed by atoms with van der Waals surface area (Å²) in [4.78, 5) is 2.32. The van der Waals surface area contributed by atoms with Crippen LogP contribution in [0.4, 0.5) is 0 Å². The summed E-state index contributed by atoms with van der Waals surface area (Å²) in [6.07, 6.45) is 1.44. The highest BCUT2D eigenvalue weighted by Gasteiger charge is 2.22. The van der Waals surface area contributed by atoms with Gasteiger partial charge in [-0.2, -0.15) is 0 Å². The fourth-order valence-electron chi connectivity index (χ4n) is 2.22. The minimum absolute atomic E-state index is 0.354. The minimum Gasteiger partial charge on any atom is -0.507 e. The first-order valence-electron chi connectivity index (χ1n) is 5.73. The van der Waals surface area contributed by atoms with Gasteiger partial charge >= 0.3 is 0 Å². The van der Waals surface area contributed by atoms with Gasteiger partial charge in [-0.25, -0.2) is 0 Å². The lowest BCUT2D eigenvalue weighted by Gasteiger charge is -2.17. The average molecular weight is 221 g/mol. The van der Waals surface area contributed by atoms with Crippen molar-refractivity contribution in [1.82, 2.24) is 4.90 Å². The van der Waals surface area contributed by atoms with Gasteiger partial charge in [0.05, 0.1) is 6.10 Å². The molecule has 0 aliphatic carbocycles. The van der Waals surface area contributed by atoms with Gasteiger partial charge < -0.3 is 9.84 Å². The predicted octanol–water partition coefficient (Wildman–Crippen LogP) is 1.92. The van der Waals surface area contributed by atoms with E-state index in [-0.39, 0.29) is 0 Å². The average Bonchev–Trinajstić information content (AvgIpc) is 2.73. The fraction of sp³-hybridized carbons (Fsp3) is 0.538. The Morgan fingerprint density at radius 1 is 1.50 bits per heavy atom. The van der Waals surface area contributed by atoms with Crippen molar-refractivity contribution in [1.29, 1.82) is 0 Å². The molecule has 16 heavy (non-hydrogen) atoms. The van der Waals surface area contributed by atoms with E-state index in [4.69, 9.17) is 4.74 Å². The van der Waals surface area contributed by atoms with Crippen LogP contribution >= 0.6 is 0 Å². The summed E-state index contributed by atoms with van der Waals surface area (Å²) in [5.41, 5.74) is 1.96. The highest BCUT2D eigenvalue weighted by atomic mass is 16.5. The molecule has 1 aliphatic heterocycles. The first kappa shape index (κ1) is 11.4. The van der Waals surface area contributed by atoms with Crippen LogP contribution in [0, 0.1) is 6.92 Å². The van der Waals surface area contributed by atoms with Gasteiger partial charge in [0.25, 0.3) is 0 Å². The van der Waals surface area contributed by atoms with Gasteiger partial charge in [0.1, 0.15) is 5.75 Å². The molecule has 0 bridgehead atoms. The number of phenolic OH excluding ortho intramolecular Hbond substituents is 1. The van der Waals surface area contributed by atoms with E-state index in [0.717, 1.165) is 37.2 Å². The number of para-hydroxylation sites is 1. The van der Waals surface area contributed by atoms with Crippen LogP contribution < -0.4 is 0 Å². The maximum absolute atomic E-state index is 9.92. The Morgan fingerprint density at radius 3 is 3.00 bits per heavy atom. The van der Waals surface area contributed by atoms with Gasteiger partial charge in [0, 0.05) is 32.3 Å². The highest BCUT2D eigenvalue weighted by molar-refractivity contribution is 5.39. The molecular weight excluding hydrogens is 202 g/mol. The lowest BCUT2D eigenvalue weighted by Crippen LogP contribution is -2.22. The van der Waals surface area contributed by atoms with Crippen molar-refractivity contribution in [2.24, 2.45) is 0 Å². The van der Waals surface area contributed by atoms with E-state index in [2.05, 4.69) is 4.90 Å². The Hall–Kier alpha value is -1.06. The first-order valence-corrected chi connectivity index (χ1v) is 5.73. The molecule has 1 heterocycles. The molecule has 1 saturated heterocycles. The number of ether oxygens (including phenoxy) is 1. The third-order valence-electron chi connectivity index (χ3n) is 3.28. The second-order valence-corrected chi connectivity index (χ2v) is 4.46. The maximum atomic E-state index is 9.92. The Balaban J connectivity index is 2.02. The summed E-state index contributed by atoms with van der Waals surface area (Å²) >= 11 is 0. The number of rotatable bonds is 3. The second-order valence-electron chi connectivity index (χ2n) is 4.46. The zero-order chi connectivity index (χ0) is 11.5. The number of aromatic hydroxyl groups is 1. The molecule has 3 nitrogen and oxygen atoms in total. The number of likely N-dealkylation sites (tertiary alicyclic amines) is 1. The van der Waals surface area contributed by atoms with Crippen LogP contribution in [0.25, 0.3) is 0 Å². The summed E-state index contributed by atoms with van der Waals surface area (Å²) in [6.45, 7) is 4.75. The van der Waals surface area contributed by atoms with Crippen LogP contribution in [0.2, 0.25) is 0 Å². The number of hydrogen-bond acceptors (Lipinski definition) is 3. The van der Waals surface area contributed by atoms with Gasteiger partial charge in [-0.15, -0.1) is 0 Å². The zero-order valence-electron chi connectivity index (χ0n) is 9.94. The van der Waals surface area contributed by atoms with Crippen LogP contribution in [-0.2, 0) is 11.3 Å². The van der Waals surface area contributed by atoms with E-state index in [9.17, 15) is 5.11 Å². The van der Waals surface area contributed by atoms with Crippen molar-refractivity contribution in [2.45, 2.75) is 26.0 Å². The van der Waals surface area contributed by atoms with Gasteiger partial charge in [0.15, 0.2) is 0 Å². The zero-order valence-corrected chi connectivity index (χ0v) is 9.94. The van der Waals surface area contributed by atoms with Gasteiger partial charge in [-0.3, -0.25) is 4.90 Å². The van der Waals surface area contributed by atoms with E-state index in [0.29, 0.717) is 11.9 Å². The summed E-state index contributed by atoms with van der Waals surface area (Å²) in [5, 5.41) is 9.92. The monoisotopic (exact) mass is 221 g/mol. The first-order chi connectivity index (χ1) is 7.70. The molecule has 0 amide bonds. The van der Waals surface area contributed by atoms with Gasteiger partial charge in [-0.1, -0.05) is 18.2 Å². The number of phenols is 1. The Kier molecular flexibility index (Phi) is 3.46. The largest absolute Gasteiger partial charge is 0.507 e. The minimum atomic E-state index is 0.354. The standard InChI is InChI=1S/C13H19NO2/c1-10-4-3-5-11(13(10)15)8-14-7-6-12(9-14)16-2/h3-5,12,15H,6-9H2,1-2H3. The SMILES string of the molecule is COC1CCN(Cc2cccc(C)c2O)C1. The smallest absolute Gasteiger partial charge is 0.122 e. The lowest BCUT2D eigenvalue weighted by atomic mass is 10.1. The van der Waals surface area contributed by atoms with Crippen molar-refractivity contribution < 1.29 is 9.84 Å². The Bertz CT molecular complexity index is 365. The second kappa shape index (κ2) is 4.85. The number of methoxy groups -OCH3 is 1. The van der Waals surface area contributed by atoms with Crippen molar-refractivity contribution >= 4 is 0 Å². The molecule has 2 rings (SSSR count). The number of hydrogen-bond donors (Lipinski definition) is 1. The summed E-state index contributed by atoms with van der Waals surface area (Å²) < 4.78 is 5.33. The third-order valence-corrected chi connectivity index (χ3v) is 3.28. The summed E-state index contributed by atoms with van der Waals surface area (Å²) in [5.74, 6) is 0.434. The molecule has 1 aromatic rings. The van der Waals surface area contributed by atoms with Crippen molar-refractivity contribution in [3.8, 4) is 5.75 Å². The molecule has 1 aromatic carbocycles. The molecule has 0 aromatic heterocycles. The topological polar surface area (TPSA) is 32.7 Å². The van der Waals surface area contributed by atoms with Crippen molar-refractivity contribution in [2.75, 3.05) is 20.2 Å². The number of nitrogens with zero attached hydrogens (tertiary/aromatic N) is 1. The van der Waals surface area contributed by atoms with Gasteiger partial charge in [0.2, 0.25) is 0 Å². The highest BCUT2D eigenvalue weighted by Crippen LogP contribution is 2.24. The number of benzene rings is 1. The summed E-state index contributed by atoms with van der Waals surface area (Å²) in [6, 6.07) is 5.91. The molecule has 1 unspecified atom stereocenters. The normalized spacial score (nSPS) is 21.5. The fourth-order valence-corrected chi connectivity index (χ4v) is 2.22. The molecule has 0 saturated carbocycles. The summed E-state index contributed by atoms with van der Waals surface area (Å²) in [7, 11) is 1.76. The predicted molar refractivity (Wildman–Crippen MR) is 63.5 cm³/mol. The molecule has 1 aliphatic rings. The van der Waals surface area contributed by atoms with Crippen LogP contribution in [-0.4, -0.2) is 36.3 Å². The molecule has 1 N–H and O–H groups in total. The quantitative estimate of drug-likeness (QED) is 0.846. The lowest BCUT2D eigenvalue weighted by molar-refractivity contribution is 0.107. The van der Waals surface area contributed by atoms with E-state index in [1.165, 1.54) is 0 Å². The van der Waals surface area contributed by atoms with E-state index < -0.39 is 0 Å². The van der Waals surface area contributed by atoms with Crippen LogP contribution in [0.5, 0.6) is 5.75 Å². The molecular formula is C13H19NO2. The van der Waals surface area contributed by atoms with E-state index >= 15 is 0 Å². The molecule has 3 heteroatoms. The van der Waals surface area contributed by atoms with Crippen LogP contribution in [0.3, 0.4) is 0 Å². The molecule has 1 atom stereocenters. The number of aryl methyl sites for hydroxylation is 1. The van der Waals surface area contributed by atoms with Crippen molar-refractivity contribution in [3.63, 3.8) is 0 Å². The Morgan fingerprint density at radius 2 is 2.31 bits per heavy atom. The van der Waals surface area contributed by atoms with Gasteiger partial charge in [-0.05, 0) is 18.9 Å². The van der Waals surface area contributed by atoms with E-state index in [1.807, 2.05) is 25.1 Å². The Labute approximate surface area is 96.6 Å². The molecule has 0 radical (unpaired) electrons. The van der Waals surface area contributed by atoms with Crippen LogP contribution in [0.1, 0.15) is 17.5 Å². The molecule has 88 valence electrons. The van der Waals surface area contributed by atoms with Crippen LogP contribution in [0.15, 0.2) is 18.2 Å².